The molecule has 0 saturated carbocycles. The van der Waals surface area contributed by atoms with E-state index in [-0.39, 0.29) is 5.56 Å². The van der Waals surface area contributed by atoms with Gasteiger partial charge in [0.1, 0.15) is 0 Å². The smallest absolute Gasteiger partial charge is 0.249 e. The molecule has 0 fully saturated rings. The van der Waals surface area contributed by atoms with Crippen LogP contribution in [0.5, 0.6) is 0 Å². The summed E-state index contributed by atoms with van der Waals surface area (Å²) in [6.07, 6.45) is 5.01. The summed E-state index contributed by atoms with van der Waals surface area (Å²) in [5.41, 5.74) is 2.20. The van der Waals surface area contributed by atoms with Crippen LogP contribution in [-0.4, -0.2) is 4.98 Å². The second kappa shape index (κ2) is 2.58. The van der Waals surface area contributed by atoms with Crippen molar-refractivity contribution in [2.45, 2.75) is 6.42 Å². The molecule has 0 bridgehead atoms. The van der Waals surface area contributed by atoms with Crippen molar-refractivity contribution in [2.75, 3.05) is 0 Å². The summed E-state index contributed by atoms with van der Waals surface area (Å²) in [6.45, 7) is 0. The molecule has 68 valence electrons. The fourth-order valence-corrected chi connectivity index (χ4v) is 2.04. The Labute approximate surface area is 80.9 Å². The first-order valence-electron chi connectivity index (χ1n) is 4.66. The number of hydrogen-bond donors (Lipinski definition) is 1. The summed E-state index contributed by atoms with van der Waals surface area (Å²) in [5, 5.41) is 2.22. The Morgan fingerprint density at radius 1 is 1.29 bits per heavy atom. The lowest BCUT2D eigenvalue weighted by molar-refractivity contribution is 1.20. The van der Waals surface area contributed by atoms with E-state index in [9.17, 15) is 4.79 Å². The number of H-pyrrole nitrogens is 1. The van der Waals surface area contributed by atoms with Crippen LogP contribution in [0, 0.1) is 0 Å². The van der Waals surface area contributed by atoms with E-state index in [1.54, 1.807) is 6.07 Å². The van der Waals surface area contributed by atoms with Crippen molar-refractivity contribution in [3.8, 4) is 0 Å². The van der Waals surface area contributed by atoms with Gasteiger partial charge in [0.2, 0.25) is 5.56 Å². The number of aromatic nitrogens is 1. The number of benzene rings is 1. The Balaban J connectivity index is 2.60. The Bertz CT molecular complexity index is 593. The van der Waals surface area contributed by atoms with Crippen molar-refractivity contribution < 1.29 is 0 Å². The largest absolute Gasteiger partial charge is 0.322 e. The first-order chi connectivity index (χ1) is 6.84. The highest BCUT2D eigenvalue weighted by molar-refractivity contribution is 5.93. The molecule has 1 aromatic carbocycles. The lowest BCUT2D eigenvalue weighted by Gasteiger charge is -2.11. The molecule has 1 heterocycles. The third-order valence-corrected chi connectivity index (χ3v) is 2.62. The Hall–Kier alpha value is -1.83. The average Bonchev–Trinajstić information content (AvgIpc) is 2.18. The third-order valence-electron chi connectivity index (χ3n) is 2.62. The molecule has 1 N–H and O–H groups in total. The number of aromatic amines is 1. The van der Waals surface area contributed by atoms with E-state index >= 15 is 0 Å². The molecule has 0 aliphatic heterocycles. The number of pyridine rings is 1. The van der Waals surface area contributed by atoms with Crippen LogP contribution in [0.15, 0.2) is 35.1 Å². The highest BCUT2D eigenvalue weighted by atomic mass is 16.1. The van der Waals surface area contributed by atoms with Gasteiger partial charge in [-0.2, -0.15) is 0 Å². The highest BCUT2D eigenvalue weighted by Gasteiger charge is 2.08. The summed E-state index contributed by atoms with van der Waals surface area (Å²) in [7, 11) is 0. The van der Waals surface area contributed by atoms with Crippen LogP contribution in [0.3, 0.4) is 0 Å². The molecule has 3 rings (SSSR count). The molecule has 0 atom stereocenters. The van der Waals surface area contributed by atoms with E-state index in [0.717, 1.165) is 17.5 Å². The number of nitrogens with one attached hydrogen (secondary N) is 1. The summed E-state index contributed by atoms with van der Waals surface area (Å²) in [6, 6.07) is 7.74. The van der Waals surface area contributed by atoms with Gasteiger partial charge in [-0.3, -0.25) is 4.79 Å². The molecule has 0 spiro atoms. The summed E-state index contributed by atoms with van der Waals surface area (Å²) in [5.74, 6) is 0. The molecule has 2 aromatic rings. The minimum atomic E-state index is -0.0313. The molecule has 0 radical (unpaired) electrons. The first kappa shape index (κ1) is 7.56. The van der Waals surface area contributed by atoms with Crippen LogP contribution in [0.2, 0.25) is 0 Å². The van der Waals surface area contributed by atoms with Crippen LogP contribution in [0.1, 0.15) is 11.3 Å². The minimum Gasteiger partial charge on any atom is -0.322 e. The van der Waals surface area contributed by atoms with Crippen LogP contribution in [0.25, 0.3) is 16.8 Å². The lowest BCUT2D eigenvalue weighted by Crippen LogP contribution is -2.08. The average molecular weight is 183 g/mol. The standard InChI is InChI=1S/C12H9NO/c14-11-7-9-5-1-3-8-4-2-6-10(13-11)12(8)9/h1-3,5-7H,4H2,(H,13,14). The van der Waals surface area contributed by atoms with Crippen molar-refractivity contribution in [3.63, 3.8) is 0 Å². The fraction of sp³-hybridized carbons (Fsp3) is 0.0833. The molecule has 2 nitrogen and oxygen atoms in total. The fourth-order valence-electron chi connectivity index (χ4n) is 2.04. The molecule has 1 aliphatic carbocycles. The van der Waals surface area contributed by atoms with Crippen molar-refractivity contribution in [3.05, 3.63) is 52.0 Å². The number of allylic oxidation sites excluding steroid dienone is 1. The molecule has 14 heavy (non-hydrogen) atoms. The molecule has 1 aromatic heterocycles. The predicted octanol–water partition coefficient (Wildman–Crippen LogP) is 2.10. The maximum atomic E-state index is 11.3. The summed E-state index contributed by atoms with van der Waals surface area (Å²) in [4.78, 5) is 14.2. The van der Waals surface area contributed by atoms with Gasteiger partial charge in [-0.15, -0.1) is 0 Å². The van der Waals surface area contributed by atoms with E-state index in [2.05, 4.69) is 17.1 Å². The molecule has 1 aliphatic rings. The minimum absolute atomic E-state index is 0.0313. The van der Waals surface area contributed by atoms with Gasteiger partial charge in [-0.05, 0) is 23.4 Å². The SMILES string of the molecule is O=c1cc2cccc3c2c([nH]1)C=CC3. The molecule has 0 unspecified atom stereocenters. The topological polar surface area (TPSA) is 32.9 Å². The van der Waals surface area contributed by atoms with Crippen LogP contribution in [-0.2, 0) is 6.42 Å². The Morgan fingerprint density at radius 2 is 2.21 bits per heavy atom. The normalized spacial score (nSPS) is 13.4. The van der Waals surface area contributed by atoms with Gasteiger partial charge in [0.05, 0.1) is 0 Å². The summed E-state index contributed by atoms with van der Waals surface area (Å²) >= 11 is 0. The van der Waals surface area contributed by atoms with Gasteiger partial charge < -0.3 is 4.98 Å². The van der Waals surface area contributed by atoms with Gasteiger partial charge in [0.25, 0.3) is 0 Å². The van der Waals surface area contributed by atoms with E-state index in [0.29, 0.717) is 0 Å². The number of rotatable bonds is 0. The summed E-state index contributed by atoms with van der Waals surface area (Å²) < 4.78 is 0. The number of hydrogen-bond acceptors (Lipinski definition) is 1. The van der Waals surface area contributed by atoms with Crippen LogP contribution < -0.4 is 5.56 Å². The van der Waals surface area contributed by atoms with Crippen molar-refractivity contribution in [1.29, 1.82) is 0 Å². The monoisotopic (exact) mass is 183 g/mol. The predicted molar refractivity (Wildman–Crippen MR) is 57.3 cm³/mol. The molecule has 0 amide bonds. The lowest BCUT2D eigenvalue weighted by atomic mass is 9.97. The Morgan fingerprint density at radius 3 is 3.14 bits per heavy atom. The van der Waals surface area contributed by atoms with Gasteiger partial charge in [-0.25, -0.2) is 0 Å². The molecular weight excluding hydrogens is 174 g/mol. The van der Waals surface area contributed by atoms with Gasteiger partial charge in [-0.1, -0.05) is 24.3 Å². The molecule has 0 saturated heterocycles. The van der Waals surface area contributed by atoms with Gasteiger partial charge in [0, 0.05) is 17.1 Å². The van der Waals surface area contributed by atoms with Gasteiger partial charge in [0.15, 0.2) is 0 Å². The maximum Gasteiger partial charge on any atom is 0.249 e. The zero-order valence-corrected chi connectivity index (χ0v) is 7.58. The van der Waals surface area contributed by atoms with Crippen molar-refractivity contribution in [2.24, 2.45) is 0 Å². The molecular formula is C12H9NO. The quantitative estimate of drug-likeness (QED) is 0.666. The van der Waals surface area contributed by atoms with E-state index in [4.69, 9.17) is 0 Å². The van der Waals surface area contributed by atoms with Crippen LogP contribution >= 0.6 is 0 Å². The zero-order valence-electron chi connectivity index (χ0n) is 7.58. The first-order valence-corrected chi connectivity index (χ1v) is 4.66. The Kier molecular flexibility index (Phi) is 1.39. The molecule has 2 heteroatoms. The van der Waals surface area contributed by atoms with Crippen molar-refractivity contribution in [1.82, 2.24) is 4.98 Å². The second-order valence-electron chi connectivity index (χ2n) is 3.54. The van der Waals surface area contributed by atoms with E-state index in [1.165, 1.54) is 10.9 Å². The van der Waals surface area contributed by atoms with Crippen LogP contribution in [0.4, 0.5) is 0 Å². The zero-order chi connectivity index (χ0) is 9.54. The third kappa shape index (κ3) is 0.940. The van der Waals surface area contributed by atoms with E-state index < -0.39 is 0 Å². The maximum absolute atomic E-state index is 11.3. The van der Waals surface area contributed by atoms with Gasteiger partial charge >= 0.3 is 0 Å². The van der Waals surface area contributed by atoms with Crippen molar-refractivity contribution >= 4 is 16.8 Å². The second-order valence-corrected chi connectivity index (χ2v) is 3.54. The highest BCUT2D eigenvalue weighted by Crippen LogP contribution is 2.25. The van der Waals surface area contributed by atoms with E-state index in [1.807, 2.05) is 18.2 Å².